The molecule has 5 heteroatoms. The molecule has 4 N–H and O–H groups in total. The largest absolute Gasteiger partial charge is 0.443 e. The normalized spacial score (nSPS) is 11.2. The van der Waals surface area contributed by atoms with E-state index in [9.17, 15) is 4.79 Å². The summed E-state index contributed by atoms with van der Waals surface area (Å²) >= 11 is 5.89. The number of nitrogen functional groups attached to an aromatic ring is 1. The van der Waals surface area contributed by atoms with Crippen molar-refractivity contribution in [3.8, 4) is 0 Å². The lowest BCUT2D eigenvalue weighted by Crippen LogP contribution is -2.33. The number of primary amides is 1. The number of rotatable bonds is 3. The molecule has 0 heterocycles. The molecule has 0 aliphatic carbocycles. The van der Waals surface area contributed by atoms with Crippen LogP contribution in [0.4, 0.5) is 10.5 Å². The molecule has 0 radical (unpaired) electrons. The first kappa shape index (κ1) is 12.6. The van der Waals surface area contributed by atoms with Crippen molar-refractivity contribution in [1.29, 1.82) is 0 Å². The number of amides is 1. The van der Waals surface area contributed by atoms with Crippen molar-refractivity contribution >= 4 is 23.4 Å². The number of hydrogen-bond donors (Lipinski definition) is 2. The Morgan fingerprint density at radius 2 is 2.12 bits per heavy atom. The number of halogens is 1. The fourth-order valence-electron chi connectivity index (χ4n) is 1.48. The van der Waals surface area contributed by atoms with Gasteiger partial charge in [0.05, 0.1) is 10.7 Å². The van der Waals surface area contributed by atoms with Crippen molar-refractivity contribution in [2.24, 2.45) is 5.73 Å². The van der Waals surface area contributed by atoms with Gasteiger partial charge in [-0.2, -0.15) is 0 Å². The lowest BCUT2D eigenvalue weighted by molar-refractivity contribution is 0.0460. The average molecular weight is 243 g/mol. The summed E-state index contributed by atoms with van der Waals surface area (Å²) in [5.41, 5.74) is 11.4. The van der Waals surface area contributed by atoms with E-state index in [4.69, 9.17) is 27.8 Å². The summed E-state index contributed by atoms with van der Waals surface area (Å²) in [6.07, 6.45) is -0.262. The zero-order valence-electron chi connectivity index (χ0n) is 9.29. The summed E-state index contributed by atoms with van der Waals surface area (Å²) in [6, 6.07) is 5.31. The molecule has 1 aromatic carbocycles. The highest BCUT2D eigenvalue weighted by molar-refractivity contribution is 6.33. The van der Waals surface area contributed by atoms with Crippen LogP contribution in [0.1, 0.15) is 19.4 Å². The molecule has 0 spiro atoms. The van der Waals surface area contributed by atoms with Crippen molar-refractivity contribution in [3.63, 3.8) is 0 Å². The topological polar surface area (TPSA) is 78.3 Å². The Balaban J connectivity index is 2.79. The van der Waals surface area contributed by atoms with Gasteiger partial charge in [-0.25, -0.2) is 4.79 Å². The molecule has 0 aliphatic rings. The average Bonchev–Trinajstić information content (AvgIpc) is 2.08. The Kier molecular flexibility index (Phi) is 3.65. The third kappa shape index (κ3) is 3.62. The lowest BCUT2D eigenvalue weighted by atomic mass is 9.98. The number of benzene rings is 1. The van der Waals surface area contributed by atoms with E-state index in [-0.39, 0.29) is 0 Å². The van der Waals surface area contributed by atoms with E-state index in [0.29, 0.717) is 17.1 Å². The molecule has 0 atom stereocenters. The van der Waals surface area contributed by atoms with Gasteiger partial charge in [-0.1, -0.05) is 17.7 Å². The first-order chi connectivity index (χ1) is 7.30. The van der Waals surface area contributed by atoms with Crippen LogP contribution in [0.2, 0.25) is 5.02 Å². The quantitative estimate of drug-likeness (QED) is 0.799. The Labute approximate surface area is 99.5 Å². The molecule has 0 unspecified atom stereocenters. The van der Waals surface area contributed by atoms with Crippen molar-refractivity contribution < 1.29 is 9.53 Å². The van der Waals surface area contributed by atoms with Crippen LogP contribution in [-0.2, 0) is 11.2 Å². The van der Waals surface area contributed by atoms with Crippen LogP contribution in [-0.4, -0.2) is 11.7 Å². The van der Waals surface area contributed by atoms with Crippen LogP contribution >= 0.6 is 11.6 Å². The van der Waals surface area contributed by atoms with E-state index in [1.54, 1.807) is 26.0 Å². The monoisotopic (exact) mass is 242 g/mol. The Hall–Kier alpha value is -1.42. The van der Waals surface area contributed by atoms with E-state index >= 15 is 0 Å². The van der Waals surface area contributed by atoms with Crippen molar-refractivity contribution in [2.45, 2.75) is 25.9 Å². The number of anilines is 1. The molecule has 16 heavy (non-hydrogen) atoms. The van der Waals surface area contributed by atoms with E-state index < -0.39 is 11.7 Å². The predicted octanol–water partition coefficient (Wildman–Crippen LogP) is 2.34. The number of carbonyl (C=O) groups is 1. The van der Waals surface area contributed by atoms with Crippen LogP contribution in [0.15, 0.2) is 18.2 Å². The van der Waals surface area contributed by atoms with E-state index in [2.05, 4.69) is 0 Å². The van der Waals surface area contributed by atoms with E-state index in [1.807, 2.05) is 6.07 Å². The number of carbonyl (C=O) groups excluding carboxylic acids is 1. The Morgan fingerprint density at radius 3 is 2.62 bits per heavy atom. The molecule has 0 bridgehead atoms. The van der Waals surface area contributed by atoms with E-state index in [0.717, 1.165) is 5.56 Å². The van der Waals surface area contributed by atoms with Gasteiger partial charge in [0, 0.05) is 6.42 Å². The van der Waals surface area contributed by atoms with Gasteiger partial charge in [0.1, 0.15) is 5.60 Å². The van der Waals surface area contributed by atoms with Gasteiger partial charge in [-0.3, -0.25) is 0 Å². The van der Waals surface area contributed by atoms with Gasteiger partial charge in [-0.05, 0) is 31.5 Å². The zero-order valence-corrected chi connectivity index (χ0v) is 10.0. The summed E-state index contributed by atoms with van der Waals surface area (Å²) in [5.74, 6) is 0. The van der Waals surface area contributed by atoms with Gasteiger partial charge in [-0.15, -0.1) is 0 Å². The second-order valence-corrected chi connectivity index (χ2v) is 4.62. The highest BCUT2D eigenvalue weighted by atomic mass is 35.5. The molecule has 1 aromatic rings. The Morgan fingerprint density at radius 1 is 1.50 bits per heavy atom. The SMILES string of the molecule is CC(C)(Cc1ccc(N)c(Cl)c1)OC(N)=O. The van der Waals surface area contributed by atoms with Gasteiger partial charge in [0.15, 0.2) is 0 Å². The second-order valence-electron chi connectivity index (χ2n) is 4.21. The molecule has 0 aliphatic heterocycles. The minimum Gasteiger partial charge on any atom is -0.443 e. The number of nitrogens with two attached hydrogens (primary N) is 2. The zero-order chi connectivity index (χ0) is 12.3. The van der Waals surface area contributed by atoms with Gasteiger partial charge in [0.25, 0.3) is 0 Å². The first-order valence-corrected chi connectivity index (χ1v) is 5.20. The van der Waals surface area contributed by atoms with Crippen LogP contribution in [0.5, 0.6) is 0 Å². The summed E-state index contributed by atoms with van der Waals surface area (Å²) in [5, 5.41) is 0.493. The maximum absolute atomic E-state index is 10.7. The second kappa shape index (κ2) is 4.61. The van der Waals surface area contributed by atoms with Crippen molar-refractivity contribution in [3.05, 3.63) is 28.8 Å². The van der Waals surface area contributed by atoms with E-state index in [1.165, 1.54) is 0 Å². The molecular formula is C11H15ClN2O2. The summed E-state index contributed by atoms with van der Waals surface area (Å²) in [6.45, 7) is 3.56. The fourth-order valence-corrected chi connectivity index (χ4v) is 1.68. The summed E-state index contributed by atoms with van der Waals surface area (Å²) < 4.78 is 4.98. The minimum absolute atomic E-state index is 0.493. The minimum atomic E-state index is -0.786. The van der Waals surface area contributed by atoms with Gasteiger partial charge in [0.2, 0.25) is 0 Å². The third-order valence-electron chi connectivity index (χ3n) is 2.07. The van der Waals surface area contributed by atoms with Crippen LogP contribution in [0, 0.1) is 0 Å². The highest BCUT2D eigenvalue weighted by Crippen LogP contribution is 2.23. The molecule has 0 aromatic heterocycles. The van der Waals surface area contributed by atoms with Crippen LogP contribution < -0.4 is 11.5 Å². The van der Waals surface area contributed by atoms with Crippen molar-refractivity contribution in [1.82, 2.24) is 0 Å². The number of ether oxygens (including phenoxy) is 1. The molecule has 4 nitrogen and oxygen atoms in total. The third-order valence-corrected chi connectivity index (χ3v) is 2.40. The van der Waals surface area contributed by atoms with Crippen LogP contribution in [0.3, 0.4) is 0 Å². The Bertz CT molecular complexity index is 405. The molecule has 0 saturated carbocycles. The molecule has 88 valence electrons. The molecular weight excluding hydrogens is 228 g/mol. The standard InChI is InChI=1S/C11H15ClN2O2/c1-11(2,16-10(14)15)6-7-3-4-9(13)8(12)5-7/h3-5H,6,13H2,1-2H3,(H2,14,15). The number of hydrogen-bond acceptors (Lipinski definition) is 3. The maximum Gasteiger partial charge on any atom is 0.405 e. The smallest absolute Gasteiger partial charge is 0.405 e. The molecule has 1 amide bonds. The lowest BCUT2D eigenvalue weighted by Gasteiger charge is -2.24. The van der Waals surface area contributed by atoms with Gasteiger partial charge >= 0.3 is 6.09 Å². The highest BCUT2D eigenvalue weighted by Gasteiger charge is 2.22. The molecule has 0 saturated heterocycles. The van der Waals surface area contributed by atoms with Gasteiger partial charge < -0.3 is 16.2 Å². The summed E-state index contributed by atoms with van der Waals surface area (Å²) in [4.78, 5) is 10.7. The molecule has 0 fully saturated rings. The van der Waals surface area contributed by atoms with Crippen molar-refractivity contribution in [2.75, 3.05) is 5.73 Å². The predicted molar refractivity (Wildman–Crippen MR) is 64.3 cm³/mol. The van der Waals surface area contributed by atoms with Crippen LogP contribution in [0.25, 0.3) is 0 Å². The maximum atomic E-state index is 10.7. The first-order valence-electron chi connectivity index (χ1n) is 4.82. The fraction of sp³-hybridized carbons (Fsp3) is 0.364. The summed E-state index contributed by atoms with van der Waals surface area (Å²) in [7, 11) is 0. The molecule has 1 rings (SSSR count).